The van der Waals surface area contributed by atoms with E-state index < -0.39 is 67.1 Å². The van der Waals surface area contributed by atoms with Gasteiger partial charge in [-0.25, -0.2) is 4.79 Å². The lowest BCUT2D eigenvalue weighted by Gasteiger charge is -2.22. The van der Waals surface area contributed by atoms with E-state index in [1.165, 1.54) is 0 Å². The topological polar surface area (TPSA) is 196 Å². The Labute approximate surface area is 149 Å². The molecule has 26 heavy (non-hydrogen) atoms. The van der Waals surface area contributed by atoms with Gasteiger partial charge in [-0.1, -0.05) is 13.8 Å². The lowest BCUT2D eigenvalue weighted by atomic mass is 10.0. The predicted molar refractivity (Wildman–Crippen MR) is 88.1 cm³/mol. The molecule has 0 aliphatic carbocycles. The molecule has 0 bridgehead atoms. The van der Waals surface area contributed by atoms with E-state index in [2.05, 4.69) is 5.32 Å². The quantitative estimate of drug-likeness (QED) is 0.241. The highest BCUT2D eigenvalue weighted by Gasteiger charge is 2.29. The van der Waals surface area contributed by atoms with Crippen LogP contribution in [-0.4, -0.2) is 63.2 Å². The van der Waals surface area contributed by atoms with Crippen molar-refractivity contribution in [3.05, 3.63) is 0 Å². The Bertz CT molecular complexity index is 549. The van der Waals surface area contributed by atoms with Crippen molar-refractivity contribution in [3.63, 3.8) is 0 Å². The zero-order chi connectivity index (χ0) is 20.4. The van der Waals surface area contributed by atoms with Crippen molar-refractivity contribution in [2.24, 2.45) is 11.7 Å². The minimum absolute atomic E-state index is 0.0925. The van der Waals surface area contributed by atoms with Gasteiger partial charge in [-0.05, 0) is 18.8 Å². The highest BCUT2D eigenvalue weighted by molar-refractivity contribution is 5.94. The summed E-state index contributed by atoms with van der Waals surface area (Å²) in [4.78, 5) is 56.8. The smallest absolute Gasteiger partial charge is 0.326 e. The summed E-state index contributed by atoms with van der Waals surface area (Å²) in [6.07, 6.45) is -1.37. The third-order valence-corrected chi connectivity index (χ3v) is 3.34. The highest BCUT2D eigenvalue weighted by atomic mass is 16.4. The molecular formula is C15H25N3O8. The second kappa shape index (κ2) is 11.0. The molecule has 11 heteroatoms. The van der Waals surface area contributed by atoms with Crippen LogP contribution < -0.4 is 16.4 Å². The summed E-state index contributed by atoms with van der Waals surface area (Å²) in [6.45, 7) is 3.66. The second-order valence-electron chi connectivity index (χ2n) is 6.23. The summed E-state index contributed by atoms with van der Waals surface area (Å²) in [5.74, 6) is -5.81. The highest BCUT2D eigenvalue weighted by Crippen LogP contribution is 2.05. The molecule has 2 amide bonds. The molecule has 0 aromatic rings. The van der Waals surface area contributed by atoms with E-state index in [9.17, 15) is 24.0 Å². The standard InChI is InChI=1S/C15H25N3O8/c1-7(2)5-8(16)13(23)18-10(6-12(21)22)14(24)17-9(15(25)26)3-4-11(19)20/h7-10H,3-6,16H2,1-2H3,(H,17,24)(H,18,23)(H,19,20)(H,21,22)(H,25,26)/t8-,9-,10-/m1/s1. The molecule has 0 radical (unpaired) electrons. The number of nitrogens with two attached hydrogens (primary N) is 1. The summed E-state index contributed by atoms with van der Waals surface area (Å²) in [5.41, 5.74) is 5.68. The molecule has 0 spiro atoms. The van der Waals surface area contributed by atoms with Crippen molar-refractivity contribution in [3.8, 4) is 0 Å². The average Bonchev–Trinajstić information content (AvgIpc) is 2.48. The molecular weight excluding hydrogens is 350 g/mol. The normalized spacial score (nSPS) is 14.2. The first-order valence-electron chi connectivity index (χ1n) is 7.96. The number of rotatable bonds is 12. The zero-order valence-corrected chi connectivity index (χ0v) is 14.6. The number of carbonyl (C=O) groups is 5. The van der Waals surface area contributed by atoms with Gasteiger partial charge in [0.05, 0.1) is 12.5 Å². The lowest BCUT2D eigenvalue weighted by molar-refractivity contribution is -0.144. The van der Waals surface area contributed by atoms with Gasteiger partial charge in [0, 0.05) is 6.42 Å². The molecule has 0 aliphatic heterocycles. The molecule has 11 nitrogen and oxygen atoms in total. The van der Waals surface area contributed by atoms with Crippen molar-refractivity contribution < 1.29 is 39.3 Å². The summed E-state index contributed by atoms with van der Waals surface area (Å²) >= 11 is 0. The zero-order valence-electron chi connectivity index (χ0n) is 14.6. The molecule has 148 valence electrons. The summed E-state index contributed by atoms with van der Waals surface area (Å²) < 4.78 is 0. The molecule has 3 atom stereocenters. The first-order chi connectivity index (χ1) is 11.9. The molecule has 0 heterocycles. The maximum atomic E-state index is 12.2. The Morgan fingerprint density at radius 3 is 1.85 bits per heavy atom. The molecule has 0 aliphatic rings. The lowest BCUT2D eigenvalue weighted by Crippen LogP contribution is -2.55. The van der Waals surface area contributed by atoms with Crippen LogP contribution in [0.3, 0.4) is 0 Å². The number of aliphatic carboxylic acids is 3. The van der Waals surface area contributed by atoms with Crippen molar-refractivity contribution in [1.29, 1.82) is 0 Å². The van der Waals surface area contributed by atoms with Gasteiger partial charge in [-0.3, -0.25) is 19.2 Å². The Balaban J connectivity index is 5.05. The van der Waals surface area contributed by atoms with Gasteiger partial charge in [0.25, 0.3) is 0 Å². The summed E-state index contributed by atoms with van der Waals surface area (Å²) in [6, 6.07) is -4.03. The Morgan fingerprint density at radius 1 is 0.885 bits per heavy atom. The fourth-order valence-electron chi connectivity index (χ4n) is 2.08. The van der Waals surface area contributed by atoms with Crippen molar-refractivity contribution >= 4 is 29.7 Å². The fourth-order valence-corrected chi connectivity index (χ4v) is 2.08. The van der Waals surface area contributed by atoms with E-state index in [-0.39, 0.29) is 5.92 Å². The Hall–Kier alpha value is -2.69. The van der Waals surface area contributed by atoms with Crippen LogP contribution in [0, 0.1) is 5.92 Å². The van der Waals surface area contributed by atoms with E-state index in [4.69, 9.17) is 21.1 Å². The second-order valence-corrected chi connectivity index (χ2v) is 6.23. The Morgan fingerprint density at radius 2 is 1.42 bits per heavy atom. The van der Waals surface area contributed by atoms with Gasteiger partial charge in [0.2, 0.25) is 11.8 Å². The van der Waals surface area contributed by atoms with Gasteiger partial charge in [0.15, 0.2) is 0 Å². The van der Waals surface area contributed by atoms with Crippen molar-refractivity contribution in [2.45, 2.75) is 57.7 Å². The van der Waals surface area contributed by atoms with Gasteiger partial charge in [-0.2, -0.15) is 0 Å². The molecule has 0 unspecified atom stereocenters. The van der Waals surface area contributed by atoms with Crippen LogP contribution in [0.4, 0.5) is 0 Å². The number of hydrogen-bond acceptors (Lipinski definition) is 6. The summed E-state index contributed by atoms with van der Waals surface area (Å²) in [7, 11) is 0. The van der Waals surface area contributed by atoms with Gasteiger partial charge < -0.3 is 31.7 Å². The van der Waals surface area contributed by atoms with Gasteiger partial charge in [-0.15, -0.1) is 0 Å². The van der Waals surface area contributed by atoms with E-state index in [1.807, 2.05) is 19.2 Å². The van der Waals surface area contributed by atoms with Crippen LogP contribution in [0.25, 0.3) is 0 Å². The average molecular weight is 375 g/mol. The van der Waals surface area contributed by atoms with Crippen LogP contribution in [0.2, 0.25) is 0 Å². The number of nitrogens with one attached hydrogen (secondary N) is 2. The third kappa shape index (κ3) is 9.57. The Kier molecular flexibility index (Phi) is 9.89. The van der Waals surface area contributed by atoms with E-state index in [1.54, 1.807) is 0 Å². The van der Waals surface area contributed by atoms with Gasteiger partial charge >= 0.3 is 17.9 Å². The minimum atomic E-state index is -1.54. The molecule has 0 aromatic carbocycles. The fraction of sp³-hybridized carbons (Fsp3) is 0.667. The molecule has 0 rings (SSSR count). The largest absolute Gasteiger partial charge is 0.481 e. The van der Waals surface area contributed by atoms with Crippen LogP contribution in [-0.2, 0) is 24.0 Å². The monoisotopic (exact) mass is 375 g/mol. The minimum Gasteiger partial charge on any atom is -0.481 e. The van der Waals surface area contributed by atoms with Crippen molar-refractivity contribution in [1.82, 2.24) is 10.6 Å². The summed E-state index contributed by atoms with van der Waals surface area (Å²) in [5, 5.41) is 30.8. The first-order valence-corrected chi connectivity index (χ1v) is 7.96. The number of carboxylic acid groups (broad SMARTS) is 3. The van der Waals surface area contributed by atoms with Crippen molar-refractivity contribution in [2.75, 3.05) is 0 Å². The van der Waals surface area contributed by atoms with Gasteiger partial charge in [0.1, 0.15) is 12.1 Å². The van der Waals surface area contributed by atoms with Crippen LogP contribution >= 0.6 is 0 Å². The number of carbonyl (C=O) groups excluding carboxylic acids is 2. The first kappa shape index (κ1) is 23.3. The number of hydrogen-bond donors (Lipinski definition) is 6. The van der Waals surface area contributed by atoms with E-state index in [0.29, 0.717) is 6.42 Å². The number of amides is 2. The van der Waals surface area contributed by atoms with Crippen LogP contribution in [0.5, 0.6) is 0 Å². The SMILES string of the molecule is CC(C)C[C@@H](N)C(=O)N[C@H](CC(=O)O)C(=O)N[C@H](CCC(=O)O)C(=O)O. The molecule has 0 aromatic heterocycles. The van der Waals surface area contributed by atoms with E-state index in [0.717, 1.165) is 0 Å². The van der Waals surface area contributed by atoms with E-state index >= 15 is 0 Å². The van der Waals surface area contributed by atoms with Crippen LogP contribution in [0.1, 0.15) is 39.5 Å². The molecule has 0 saturated carbocycles. The molecule has 0 saturated heterocycles. The van der Waals surface area contributed by atoms with Crippen LogP contribution in [0.15, 0.2) is 0 Å². The molecule has 7 N–H and O–H groups in total. The third-order valence-electron chi connectivity index (χ3n) is 3.34. The predicted octanol–water partition coefficient (Wildman–Crippen LogP) is -1.25. The maximum Gasteiger partial charge on any atom is 0.326 e. The molecule has 0 fully saturated rings. The number of carboxylic acids is 3. The maximum absolute atomic E-state index is 12.2.